The van der Waals surface area contributed by atoms with Gasteiger partial charge in [0.05, 0.1) is 4.91 Å². The lowest BCUT2D eigenvalue weighted by Crippen LogP contribution is -2.30. The van der Waals surface area contributed by atoms with E-state index in [1.54, 1.807) is 30.3 Å². The number of aromatic hydroxyl groups is 1. The number of carbonyl (C=O) groups is 3. The average Bonchev–Trinajstić information content (AvgIpc) is 2.91. The molecule has 3 N–H and O–H groups in total. The van der Waals surface area contributed by atoms with Gasteiger partial charge in [0.15, 0.2) is 0 Å². The van der Waals surface area contributed by atoms with Crippen molar-refractivity contribution < 1.29 is 24.6 Å². The van der Waals surface area contributed by atoms with Crippen molar-refractivity contribution in [3.63, 3.8) is 0 Å². The zero-order valence-corrected chi connectivity index (χ0v) is 17.6. The van der Waals surface area contributed by atoms with E-state index >= 15 is 0 Å². The van der Waals surface area contributed by atoms with Gasteiger partial charge in [0.1, 0.15) is 10.1 Å². The summed E-state index contributed by atoms with van der Waals surface area (Å²) in [4.78, 5) is 36.8. The number of benzene rings is 1. The fourth-order valence-electron chi connectivity index (χ4n) is 2.75. The number of nitrogens with one attached hydrogen (secondary N) is 1. The number of hydrogen-bond donors (Lipinski definition) is 3. The lowest BCUT2D eigenvalue weighted by molar-refractivity contribution is -0.137. The number of thiocarbonyl (C=S) groups is 1. The van der Waals surface area contributed by atoms with Crippen LogP contribution >= 0.6 is 24.0 Å². The Morgan fingerprint density at radius 2 is 1.97 bits per heavy atom. The number of amides is 2. The van der Waals surface area contributed by atoms with Crippen molar-refractivity contribution in [3.05, 3.63) is 34.7 Å². The van der Waals surface area contributed by atoms with Gasteiger partial charge >= 0.3 is 5.97 Å². The summed E-state index contributed by atoms with van der Waals surface area (Å²) in [6.07, 6.45) is 4.74. The molecule has 1 fully saturated rings. The van der Waals surface area contributed by atoms with Crippen LogP contribution in [0.2, 0.25) is 0 Å². The van der Waals surface area contributed by atoms with Crippen molar-refractivity contribution >= 4 is 52.2 Å². The standard InChI is InChI=1S/C20H24N2O5S2/c23-15-7-4-6-14(12-15)13-16-19(27)22(20(28)29-16)11-5-8-17(24)21-10-3-1-2-9-18(25)26/h4,6-7,12-13,23H,1-3,5,8-11H2,(H,21,24)(H,25,26)/b16-13-. The predicted molar refractivity (Wildman–Crippen MR) is 116 cm³/mol. The third kappa shape index (κ3) is 7.86. The Kier molecular flexibility index (Phi) is 9.14. The Balaban J connectivity index is 1.71. The number of carbonyl (C=O) groups excluding carboxylic acids is 2. The second-order valence-electron chi connectivity index (χ2n) is 6.59. The monoisotopic (exact) mass is 436 g/mol. The van der Waals surface area contributed by atoms with Crippen LogP contribution in [0.25, 0.3) is 6.08 Å². The molecule has 0 unspecified atom stereocenters. The summed E-state index contributed by atoms with van der Waals surface area (Å²) >= 11 is 6.49. The molecule has 29 heavy (non-hydrogen) atoms. The smallest absolute Gasteiger partial charge is 0.303 e. The van der Waals surface area contributed by atoms with Crippen LogP contribution < -0.4 is 5.32 Å². The van der Waals surface area contributed by atoms with Crippen molar-refractivity contribution in [2.24, 2.45) is 0 Å². The lowest BCUT2D eigenvalue weighted by atomic mass is 10.2. The van der Waals surface area contributed by atoms with Crippen LogP contribution in [0.4, 0.5) is 0 Å². The van der Waals surface area contributed by atoms with Crippen molar-refractivity contribution in [2.75, 3.05) is 13.1 Å². The van der Waals surface area contributed by atoms with Gasteiger partial charge in [-0.25, -0.2) is 0 Å². The maximum Gasteiger partial charge on any atom is 0.303 e. The van der Waals surface area contributed by atoms with Crippen LogP contribution in [0.5, 0.6) is 5.75 Å². The van der Waals surface area contributed by atoms with Gasteiger partial charge < -0.3 is 15.5 Å². The molecule has 1 aliphatic rings. The molecule has 0 aliphatic carbocycles. The first-order chi connectivity index (χ1) is 13.9. The number of phenolic OH excluding ortho intramolecular Hbond substituents is 1. The minimum absolute atomic E-state index is 0.0935. The molecule has 1 heterocycles. The number of unbranched alkanes of at least 4 members (excludes halogenated alkanes) is 2. The summed E-state index contributed by atoms with van der Waals surface area (Å²) in [5.41, 5.74) is 0.716. The van der Waals surface area contributed by atoms with Gasteiger partial charge in [-0.2, -0.15) is 0 Å². The molecular weight excluding hydrogens is 412 g/mol. The van der Waals surface area contributed by atoms with Crippen LogP contribution in [0.3, 0.4) is 0 Å². The van der Waals surface area contributed by atoms with Crippen LogP contribution in [-0.4, -0.2) is 50.3 Å². The molecule has 0 atom stereocenters. The molecule has 0 spiro atoms. The molecule has 0 bridgehead atoms. The number of nitrogens with zero attached hydrogens (tertiary/aromatic N) is 1. The minimum atomic E-state index is -0.804. The number of rotatable bonds is 11. The van der Waals surface area contributed by atoms with E-state index in [2.05, 4.69) is 5.32 Å². The molecule has 2 rings (SSSR count). The Morgan fingerprint density at radius 3 is 2.69 bits per heavy atom. The highest BCUT2D eigenvalue weighted by Crippen LogP contribution is 2.33. The van der Waals surface area contributed by atoms with Crippen LogP contribution in [0, 0.1) is 0 Å². The minimum Gasteiger partial charge on any atom is -0.508 e. The van der Waals surface area contributed by atoms with Crippen molar-refractivity contribution in [1.82, 2.24) is 10.2 Å². The summed E-state index contributed by atoms with van der Waals surface area (Å²) < 4.78 is 0.459. The molecule has 1 aromatic rings. The number of carboxylic acids is 1. The first-order valence-electron chi connectivity index (χ1n) is 9.39. The van der Waals surface area contributed by atoms with Crippen LogP contribution in [-0.2, 0) is 14.4 Å². The fraction of sp³-hybridized carbons (Fsp3) is 0.400. The molecule has 156 valence electrons. The van der Waals surface area contributed by atoms with E-state index in [9.17, 15) is 19.5 Å². The number of phenols is 1. The van der Waals surface area contributed by atoms with E-state index in [0.29, 0.717) is 40.7 Å². The molecule has 7 nitrogen and oxygen atoms in total. The summed E-state index contributed by atoms with van der Waals surface area (Å²) in [6.45, 7) is 0.889. The Morgan fingerprint density at radius 1 is 1.17 bits per heavy atom. The topological polar surface area (TPSA) is 107 Å². The first-order valence-corrected chi connectivity index (χ1v) is 10.6. The zero-order chi connectivity index (χ0) is 21.2. The van der Waals surface area contributed by atoms with Crippen molar-refractivity contribution in [2.45, 2.75) is 38.5 Å². The molecule has 1 saturated heterocycles. The van der Waals surface area contributed by atoms with Gasteiger partial charge in [0.25, 0.3) is 5.91 Å². The second kappa shape index (κ2) is 11.6. The van der Waals surface area contributed by atoms with Crippen LogP contribution in [0.15, 0.2) is 29.2 Å². The highest BCUT2D eigenvalue weighted by Gasteiger charge is 2.31. The highest BCUT2D eigenvalue weighted by molar-refractivity contribution is 8.26. The molecule has 0 radical (unpaired) electrons. The van der Waals surface area contributed by atoms with E-state index in [4.69, 9.17) is 17.3 Å². The van der Waals surface area contributed by atoms with Gasteiger partial charge in [0, 0.05) is 25.9 Å². The summed E-state index contributed by atoms with van der Waals surface area (Å²) in [6, 6.07) is 6.62. The Hall–Kier alpha value is -2.39. The summed E-state index contributed by atoms with van der Waals surface area (Å²) in [5, 5.41) is 20.9. The van der Waals surface area contributed by atoms with Crippen molar-refractivity contribution in [1.29, 1.82) is 0 Å². The number of hydrogen-bond acceptors (Lipinski definition) is 6. The van der Waals surface area contributed by atoms with Gasteiger partial charge in [-0.05, 0) is 43.0 Å². The van der Waals surface area contributed by atoms with Crippen molar-refractivity contribution in [3.8, 4) is 5.75 Å². The van der Waals surface area contributed by atoms with Gasteiger partial charge in [0.2, 0.25) is 5.91 Å². The first kappa shape index (κ1) is 22.9. The van der Waals surface area contributed by atoms with Gasteiger partial charge in [-0.15, -0.1) is 0 Å². The quantitative estimate of drug-likeness (QED) is 0.278. The molecule has 1 aliphatic heterocycles. The predicted octanol–water partition coefficient (Wildman–Crippen LogP) is 3.13. The van der Waals surface area contributed by atoms with Crippen LogP contribution in [0.1, 0.15) is 44.1 Å². The molecule has 1 aromatic carbocycles. The lowest BCUT2D eigenvalue weighted by Gasteiger charge is -2.14. The second-order valence-corrected chi connectivity index (χ2v) is 8.26. The summed E-state index contributed by atoms with van der Waals surface area (Å²) in [5.74, 6) is -0.963. The third-order valence-electron chi connectivity index (χ3n) is 4.22. The molecule has 0 saturated carbocycles. The third-order valence-corrected chi connectivity index (χ3v) is 5.59. The van der Waals surface area contributed by atoms with E-state index in [0.717, 1.165) is 12.8 Å². The van der Waals surface area contributed by atoms with E-state index in [1.165, 1.54) is 16.7 Å². The van der Waals surface area contributed by atoms with Gasteiger partial charge in [-0.1, -0.05) is 42.5 Å². The number of aliphatic carboxylic acids is 1. The maximum absolute atomic E-state index is 12.5. The highest BCUT2D eigenvalue weighted by atomic mass is 32.2. The van der Waals surface area contributed by atoms with E-state index in [-0.39, 0.29) is 30.4 Å². The Labute approximate surface area is 179 Å². The average molecular weight is 437 g/mol. The normalized spacial score (nSPS) is 15.2. The summed E-state index contributed by atoms with van der Waals surface area (Å²) in [7, 11) is 0. The van der Waals surface area contributed by atoms with Gasteiger partial charge in [-0.3, -0.25) is 19.3 Å². The largest absolute Gasteiger partial charge is 0.508 e. The molecule has 0 aromatic heterocycles. The zero-order valence-electron chi connectivity index (χ0n) is 15.9. The molecule has 9 heteroatoms. The number of thioether (sulfide) groups is 1. The molecular formula is C20H24N2O5S2. The Bertz CT molecular complexity index is 810. The maximum atomic E-state index is 12.5. The van der Waals surface area contributed by atoms with E-state index in [1.807, 2.05) is 0 Å². The van der Waals surface area contributed by atoms with E-state index < -0.39 is 5.97 Å². The number of carboxylic acid groups (broad SMARTS) is 1. The fourth-order valence-corrected chi connectivity index (χ4v) is 4.06. The SMILES string of the molecule is O=C(O)CCCCCNC(=O)CCCN1C(=O)/C(=C/c2cccc(O)c2)SC1=S. The molecule has 2 amide bonds.